The molecule has 0 aliphatic rings. The van der Waals surface area contributed by atoms with E-state index in [9.17, 15) is 17.6 Å². The Morgan fingerprint density at radius 3 is 1.64 bits per heavy atom. The highest BCUT2D eigenvalue weighted by atomic mass is 35.5. The molecule has 0 radical (unpaired) electrons. The van der Waals surface area contributed by atoms with E-state index in [1.54, 1.807) is 0 Å². The van der Waals surface area contributed by atoms with Gasteiger partial charge in [-0.2, -0.15) is 17.6 Å². The Kier molecular flexibility index (Phi) is 3.41. The van der Waals surface area contributed by atoms with Gasteiger partial charge < -0.3 is 0 Å². The molecule has 0 aromatic heterocycles. The quantitative estimate of drug-likeness (QED) is 0.519. The maximum atomic E-state index is 12.0. The van der Waals surface area contributed by atoms with Crippen molar-refractivity contribution in [3.05, 3.63) is 0 Å². The van der Waals surface area contributed by atoms with Gasteiger partial charge in [-0.1, -0.05) is 23.2 Å². The van der Waals surface area contributed by atoms with E-state index in [1.165, 1.54) is 0 Å². The first kappa shape index (κ1) is 11.3. The zero-order valence-electron chi connectivity index (χ0n) is 5.25. The van der Waals surface area contributed by atoms with Gasteiger partial charge in [0, 0.05) is 6.92 Å². The Labute approximate surface area is 70.2 Å². The lowest BCUT2D eigenvalue weighted by molar-refractivity contribution is -0.339. The van der Waals surface area contributed by atoms with Crippen LogP contribution in [-0.2, 0) is 4.74 Å². The van der Waals surface area contributed by atoms with Crippen LogP contribution in [0.2, 0.25) is 0 Å². The summed E-state index contributed by atoms with van der Waals surface area (Å²) in [6.07, 6.45) is -4.64. The normalized spacial score (nSPS) is 14.2. The molecule has 0 rings (SSSR count). The van der Waals surface area contributed by atoms with E-state index in [0.717, 1.165) is 0 Å². The summed E-state index contributed by atoms with van der Waals surface area (Å²) in [7, 11) is 0. The first-order valence-corrected chi connectivity index (χ1v) is 3.26. The summed E-state index contributed by atoms with van der Waals surface area (Å²) in [5.41, 5.74) is 0. The molecule has 11 heavy (non-hydrogen) atoms. The van der Waals surface area contributed by atoms with Gasteiger partial charge >= 0.3 is 12.0 Å². The van der Waals surface area contributed by atoms with E-state index in [2.05, 4.69) is 4.74 Å². The average molecular weight is 215 g/mol. The maximum Gasteiger partial charge on any atom is 0.421 e. The predicted octanol–water partition coefficient (Wildman–Crippen LogP) is 3.01. The monoisotopic (exact) mass is 214 g/mol. The highest BCUT2D eigenvalue weighted by Gasteiger charge is 2.55. The minimum Gasteiger partial charge on any atom is -0.282 e. The summed E-state index contributed by atoms with van der Waals surface area (Å²) in [5.74, 6) is -4.30. The van der Waals surface area contributed by atoms with Crippen molar-refractivity contribution in [1.82, 2.24) is 0 Å². The second kappa shape index (κ2) is 3.33. The summed E-state index contributed by atoms with van der Waals surface area (Å²) >= 11 is 9.40. The van der Waals surface area contributed by atoms with Crippen molar-refractivity contribution in [2.24, 2.45) is 0 Å². The molecule has 68 valence electrons. The van der Waals surface area contributed by atoms with Crippen molar-refractivity contribution >= 4 is 23.2 Å². The Morgan fingerprint density at radius 2 is 1.55 bits per heavy atom. The highest BCUT2D eigenvalue weighted by molar-refractivity contribution is 6.43. The molecule has 1 nitrogen and oxygen atoms in total. The van der Waals surface area contributed by atoms with Gasteiger partial charge in [0.2, 0.25) is 5.02 Å². The number of ether oxygens (including phenoxy) is 1. The Bertz CT molecular complexity index is 133. The highest BCUT2D eigenvalue weighted by Crippen LogP contribution is 2.36. The topological polar surface area (TPSA) is 9.23 Å². The summed E-state index contributed by atoms with van der Waals surface area (Å²) in [6, 6.07) is 0. The van der Waals surface area contributed by atoms with Gasteiger partial charge in [-0.05, 0) is 0 Å². The SMILES string of the molecule is CC(F)(F)C(F)(F)OC(Cl)Cl. The Morgan fingerprint density at radius 1 is 1.18 bits per heavy atom. The molecule has 0 aliphatic carbocycles. The summed E-state index contributed by atoms with van der Waals surface area (Å²) in [5, 5.41) is -1.98. The van der Waals surface area contributed by atoms with Crippen LogP contribution >= 0.6 is 23.2 Å². The minimum atomic E-state index is -4.64. The smallest absolute Gasteiger partial charge is 0.282 e. The van der Waals surface area contributed by atoms with Crippen molar-refractivity contribution in [2.75, 3.05) is 0 Å². The second-order valence-electron chi connectivity index (χ2n) is 1.78. The minimum absolute atomic E-state index is 0.00313. The predicted molar refractivity (Wildman–Crippen MR) is 32.1 cm³/mol. The first-order chi connectivity index (χ1) is 4.67. The van der Waals surface area contributed by atoms with Crippen LogP contribution in [0.4, 0.5) is 17.6 Å². The molecule has 0 saturated carbocycles. The van der Waals surface area contributed by atoms with Crippen molar-refractivity contribution in [2.45, 2.75) is 24.0 Å². The van der Waals surface area contributed by atoms with Crippen molar-refractivity contribution in [1.29, 1.82) is 0 Å². The first-order valence-electron chi connectivity index (χ1n) is 2.38. The van der Waals surface area contributed by atoms with Gasteiger partial charge in [0.1, 0.15) is 0 Å². The van der Waals surface area contributed by atoms with Gasteiger partial charge in [-0.3, -0.25) is 4.74 Å². The van der Waals surface area contributed by atoms with Crippen LogP contribution in [0.3, 0.4) is 0 Å². The summed E-state index contributed by atoms with van der Waals surface area (Å²) in [6.45, 7) is 0.00313. The van der Waals surface area contributed by atoms with Crippen LogP contribution < -0.4 is 0 Å². The zero-order chi connectivity index (χ0) is 9.28. The molecule has 0 aromatic carbocycles. The van der Waals surface area contributed by atoms with Crippen LogP contribution in [-0.4, -0.2) is 17.1 Å². The van der Waals surface area contributed by atoms with E-state index in [1.807, 2.05) is 0 Å². The molecule has 0 aromatic rings. The van der Waals surface area contributed by atoms with Gasteiger partial charge in [-0.15, -0.1) is 0 Å². The molecule has 0 atom stereocenters. The fourth-order valence-electron chi connectivity index (χ4n) is 0.215. The number of rotatable bonds is 3. The number of alkyl halides is 6. The second-order valence-corrected chi connectivity index (χ2v) is 2.80. The van der Waals surface area contributed by atoms with Crippen LogP contribution in [0.5, 0.6) is 0 Å². The summed E-state index contributed by atoms with van der Waals surface area (Å²) < 4.78 is 51.1. The average Bonchev–Trinajstić information content (AvgIpc) is 1.56. The van der Waals surface area contributed by atoms with Crippen LogP contribution in [0, 0.1) is 0 Å². The zero-order valence-corrected chi connectivity index (χ0v) is 6.77. The third-order valence-electron chi connectivity index (χ3n) is 0.748. The largest absolute Gasteiger partial charge is 0.421 e. The van der Waals surface area contributed by atoms with E-state index in [-0.39, 0.29) is 6.92 Å². The van der Waals surface area contributed by atoms with Crippen LogP contribution in [0.1, 0.15) is 6.92 Å². The van der Waals surface area contributed by atoms with Gasteiger partial charge in [0.25, 0.3) is 0 Å². The number of hydrogen-bond acceptors (Lipinski definition) is 1. The van der Waals surface area contributed by atoms with Gasteiger partial charge in [-0.25, -0.2) is 0 Å². The molecule has 0 heterocycles. The third-order valence-corrected chi connectivity index (χ3v) is 0.926. The lowest BCUT2D eigenvalue weighted by Gasteiger charge is -2.22. The fraction of sp³-hybridized carbons (Fsp3) is 1.00. The number of halogens is 6. The standard InChI is InChI=1S/C4H4Cl2F4O/c1-3(7,8)4(9,10)11-2(5)6/h2H,1H3. The van der Waals surface area contributed by atoms with Crippen molar-refractivity contribution in [3.8, 4) is 0 Å². The Hall–Kier alpha value is 0.260. The number of hydrogen-bond donors (Lipinski definition) is 0. The van der Waals surface area contributed by atoms with Gasteiger partial charge in [0.05, 0.1) is 0 Å². The van der Waals surface area contributed by atoms with E-state index >= 15 is 0 Å². The molecule has 0 amide bonds. The van der Waals surface area contributed by atoms with Crippen LogP contribution in [0.15, 0.2) is 0 Å². The Balaban J connectivity index is 4.22. The molecule has 0 bridgehead atoms. The molecule has 7 heteroatoms. The van der Waals surface area contributed by atoms with E-state index in [4.69, 9.17) is 23.2 Å². The van der Waals surface area contributed by atoms with E-state index in [0.29, 0.717) is 0 Å². The maximum absolute atomic E-state index is 12.0. The fourth-order valence-corrected chi connectivity index (χ4v) is 0.439. The molecule has 0 fully saturated rings. The molecule has 0 N–H and O–H groups in total. The molecular weight excluding hydrogens is 211 g/mol. The van der Waals surface area contributed by atoms with Crippen molar-refractivity contribution in [3.63, 3.8) is 0 Å². The summed E-state index contributed by atoms with van der Waals surface area (Å²) in [4.78, 5) is 0. The van der Waals surface area contributed by atoms with Crippen molar-refractivity contribution < 1.29 is 22.3 Å². The molecule has 0 unspecified atom stereocenters. The van der Waals surface area contributed by atoms with E-state index < -0.39 is 17.1 Å². The lowest BCUT2D eigenvalue weighted by atomic mass is 10.4. The van der Waals surface area contributed by atoms with Crippen LogP contribution in [0.25, 0.3) is 0 Å². The molecule has 0 aliphatic heterocycles. The van der Waals surface area contributed by atoms with Gasteiger partial charge in [0.15, 0.2) is 0 Å². The molecule has 0 spiro atoms. The molecular formula is C4H4Cl2F4O. The lowest BCUT2D eigenvalue weighted by Crippen LogP contribution is -2.41. The molecule has 0 saturated heterocycles. The third kappa shape index (κ3) is 3.44.